The lowest BCUT2D eigenvalue weighted by atomic mass is 10.1. The summed E-state index contributed by atoms with van der Waals surface area (Å²) >= 11 is 3.34. The first-order chi connectivity index (χ1) is 9.69. The largest absolute Gasteiger partial charge is 0.480 e. The van der Waals surface area contributed by atoms with Gasteiger partial charge in [-0.3, -0.25) is 0 Å². The lowest BCUT2D eigenvalue weighted by Crippen LogP contribution is -2.18. The van der Waals surface area contributed by atoms with Gasteiger partial charge in [-0.15, -0.1) is 0 Å². The van der Waals surface area contributed by atoms with Crippen LogP contribution in [0, 0.1) is 0 Å². The minimum absolute atomic E-state index is 0.293. The molecule has 1 aromatic carbocycles. The van der Waals surface area contributed by atoms with Crippen molar-refractivity contribution in [1.29, 1.82) is 0 Å². The van der Waals surface area contributed by atoms with Gasteiger partial charge in [0.25, 0.3) is 0 Å². The second kappa shape index (κ2) is 7.24. The van der Waals surface area contributed by atoms with Crippen LogP contribution < -0.4 is 10.1 Å². The summed E-state index contributed by atoms with van der Waals surface area (Å²) in [5.41, 5.74) is 1.34. The standard InChI is InChI=1S/C15H18BrN3O/c1-11(8-9-12-6-4-3-5-7-12)18-15-17-10-13(16)14(19-15)20-2/h3-7,10-11H,8-9H2,1-2H3,(H,17,18,19). The third-order valence-electron chi connectivity index (χ3n) is 2.99. The summed E-state index contributed by atoms with van der Waals surface area (Å²) in [5, 5.41) is 3.29. The van der Waals surface area contributed by atoms with Crippen LogP contribution in [0.15, 0.2) is 41.0 Å². The number of hydrogen-bond donors (Lipinski definition) is 1. The van der Waals surface area contributed by atoms with Gasteiger partial charge in [-0.25, -0.2) is 4.98 Å². The van der Waals surface area contributed by atoms with Crippen molar-refractivity contribution in [3.8, 4) is 5.88 Å². The molecule has 0 radical (unpaired) electrons. The van der Waals surface area contributed by atoms with Gasteiger partial charge in [0.1, 0.15) is 0 Å². The third-order valence-corrected chi connectivity index (χ3v) is 3.53. The maximum atomic E-state index is 5.16. The molecule has 0 fully saturated rings. The smallest absolute Gasteiger partial charge is 0.232 e. The maximum absolute atomic E-state index is 5.16. The molecule has 1 unspecified atom stereocenters. The molecular formula is C15H18BrN3O. The fourth-order valence-corrected chi connectivity index (χ4v) is 2.24. The first kappa shape index (κ1) is 14.8. The number of anilines is 1. The zero-order valence-electron chi connectivity index (χ0n) is 11.6. The molecule has 5 heteroatoms. The molecule has 0 spiro atoms. The topological polar surface area (TPSA) is 47.0 Å². The van der Waals surface area contributed by atoms with Crippen molar-refractivity contribution in [2.24, 2.45) is 0 Å². The van der Waals surface area contributed by atoms with E-state index < -0.39 is 0 Å². The number of benzene rings is 1. The number of ether oxygens (including phenoxy) is 1. The number of nitrogens with zero attached hydrogens (tertiary/aromatic N) is 2. The number of hydrogen-bond acceptors (Lipinski definition) is 4. The van der Waals surface area contributed by atoms with E-state index in [2.05, 4.69) is 62.4 Å². The van der Waals surface area contributed by atoms with Crippen LogP contribution in [0.5, 0.6) is 5.88 Å². The molecule has 1 atom stereocenters. The van der Waals surface area contributed by atoms with Crippen LogP contribution in [0.25, 0.3) is 0 Å². The van der Waals surface area contributed by atoms with Gasteiger partial charge in [0, 0.05) is 6.04 Å². The monoisotopic (exact) mass is 335 g/mol. The van der Waals surface area contributed by atoms with E-state index in [1.807, 2.05) is 6.07 Å². The molecule has 0 aliphatic heterocycles. The molecule has 2 aromatic rings. The Morgan fingerprint density at radius 1 is 1.30 bits per heavy atom. The van der Waals surface area contributed by atoms with Crippen LogP contribution in [0.2, 0.25) is 0 Å². The number of rotatable bonds is 6. The lowest BCUT2D eigenvalue weighted by Gasteiger charge is -2.14. The first-order valence-corrected chi connectivity index (χ1v) is 7.35. The second-order valence-corrected chi connectivity index (χ2v) is 5.47. The minimum Gasteiger partial charge on any atom is -0.480 e. The molecule has 0 aliphatic rings. The van der Waals surface area contributed by atoms with Gasteiger partial charge < -0.3 is 10.1 Å². The van der Waals surface area contributed by atoms with E-state index in [1.54, 1.807) is 13.3 Å². The molecule has 4 nitrogen and oxygen atoms in total. The number of aromatic nitrogens is 2. The number of nitrogens with one attached hydrogen (secondary N) is 1. The third kappa shape index (κ3) is 4.20. The van der Waals surface area contributed by atoms with Crippen molar-refractivity contribution in [2.75, 3.05) is 12.4 Å². The van der Waals surface area contributed by atoms with Gasteiger partial charge in [0.2, 0.25) is 11.8 Å². The molecule has 1 aromatic heterocycles. The summed E-state index contributed by atoms with van der Waals surface area (Å²) in [6, 6.07) is 10.7. The fourth-order valence-electron chi connectivity index (χ4n) is 1.88. The molecule has 0 bridgehead atoms. The van der Waals surface area contributed by atoms with Crippen LogP contribution in [-0.2, 0) is 6.42 Å². The van der Waals surface area contributed by atoms with Crippen LogP contribution in [0.3, 0.4) is 0 Å². The van der Waals surface area contributed by atoms with E-state index in [4.69, 9.17) is 4.74 Å². The van der Waals surface area contributed by atoms with E-state index >= 15 is 0 Å². The molecule has 20 heavy (non-hydrogen) atoms. The van der Waals surface area contributed by atoms with Gasteiger partial charge in [-0.2, -0.15) is 4.98 Å². The van der Waals surface area contributed by atoms with E-state index in [1.165, 1.54) is 5.56 Å². The van der Waals surface area contributed by atoms with E-state index in [9.17, 15) is 0 Å². The van der Waals surface area contributed by atoms with E-state index in [0.717, 1.165) is 17.3 Å². The van der Waals surface area contributed by atoms with Gasteiger partial charge in [0.15, 0.2) is 0 Å². The fraction of sp³-hybridized carbons (Fsp3) is 0.333. The molecule has 1 N–H and O–H groups in total. The van der Waals surface area contributed by atoms with Gasteiger partial charge in [0.05, 0.1) is 17.8 Å². The Labute approximate surface area is 127 Å². The molecule has 0 amide bonds. The normalized spacial score (nSPS) is 11.9. The average Bonchev–Trinajstić information content (AvgIpc) is 2.48. The number of aryl methyl sites for hydroxylation is 1. The predicted octanol–water partition coefficient (Wildman–Crippen LogP) is 3.68. The molecule has 0 saturated carbocycles. The number of methoxy groups -OCH3 is 1. The zero-order valence-corrected chi connectivity index (χ0v) is 13.2. The van der Waals surface area contributed by atoms with E-state index in [-0.39, 0.29) is 0 Å². The quantitative estimate of drug-likeness (QED) is 0.874. The average molecular weight is 336 g/mol. The van der Waals surface area contributed by atoms with Crippen LogP contribution in [0.4, 0.5) is 5.95 Å². The van der Waals surface area contributed by atoms with Crippen molar-refractivity contribution >= 4 is 21.9 Å². The highest BCUT2D eigenvalue weighted by molar-refractivity contribution is 9.10. The highest BCUT2D eigenvalue weighted by atomic mass is 79.9. The Kier molecular flexibility index (Phi) is 5.35. The van der Waals surface area contributed by atoms with Gasteiger partial charge >= 0.3 is 0 Å². The Balaban J connectivity index is 1.89. The van der Waals surface area contributed by atoms with Crippen LogP contribution in [-0.4, -0.2) is 23.1 Å². The summed E-state index contributed by atoms with van der Waals surface area (Å²) < 4.78 is 5.91. The van der Waals surface area contributed by atoms with Crippen LogP contribution >= 0.6 is 15.9 Å². The second-order valence-electron chi connectivity index (χ2n) is 4.62. The summed E-state index contributed by atoms with van der Waals surface area (Å²) in [6.45, 7) is 2.13. The minimum atomic E-state index is 0.293. The molecule has 0 aliphatic carbocycles. The van der Waals surface area contributed by atoms with Crippen molar-refractivity contribution in [3.05, 3.63) is 46.6 Å². The maximum Gasteiger partial charge on any atom is 0.232 e. The predicted molar refractivity (Wildman–Crippen MR) is 84.1 cm³/mol. The zero-order chi connectivity index (χ0) is 14.4. The Morgan fingerprint density at radius 3 is 2.75 bits per heavy atom. The molecule has 0 saturated heterocycles. The van der Waals surface area contributed by atoms with Crippen LogP contribution in [0.1, 0.15) is 18.9 Å². The Bertz CT molecular complexity index is 548. The van der Waals surface area contributed by atoms with Crippen molar-refractivity contribution in [3.63, 3.8) is 0 Å². The summed E-state index contributed by atoms with van der Waals surface area (Å²) in [6.07, 6.45) is 3.74. The highest BCUT2D eigenvalue weighted by Gasteiger charge is 2.08. The first-order valence-electron chi connectivity index (χ1n) is 6.56. The van der Waals surface area contributed by atoms with Gasteiger partial charge in [-0.1, -0.05) is 30.3 Å². The highest BCUT2D eigenvalue weighted by Crippen LogP contribution is 2.22. The lowest BCUT2D eigenvalue weighted by molar-refractivity contribution is 0.394. The van der Waals surface area contributed by atoms with E-state index in [0.29, 0.717) is 17.9 Å². The molecule has 106 valence electrons. The Hall–Kier alpha value is -1.62. The van der Waals surface area contributed by atoms with Crippen molar-refractivity contribution in [1.82, 2.24) is 9.97 Å². The molecule has 1 heterocycles. The number of halogens is 1. The van der Waals surface area contributed by atoms with Crippen molar-refractivity contribution < 1.29 is 4.74 Å². The molecule has 2 rings (SSSR count). The summed E-state index contributed by atoms with van der Waals surface area (Å²) in [5.74, 6) is 1.13. The van der Waals surface area contributed by atoms with Crippen molar-refractivity contribution in [2.45, 2.75) is 25.8 Å². The SMILES string of the molecule is COc1nc(NC(C)CCc2ccccc2)ncc1Br. The summed E-state index contributed by atoms with van der Waals surface area (Å²) in [7, 11) is 1.59. The molecular weight excluding hydrogens is 318 g/mol. The summed E-state index contributed by atoms with van der Waals surface area (Å²) in [4.78, 5) is 8.53. The Morgan fingerprint density at radius 2 is 2.05 bits per heavy atom. The van der Waals surface area contributed by atoms with Gasteiger partial charge in [-0.05, 0) is 41.3 Å².